The SMILES string of the molecule is Cc1nc(C)n(CCSc2ncc(C(F)(F)F)cc2Cl)n1. The highest BCUT2D eigenvalue weighted by Crippen LogP contribution is 2.33. The van der Waals surface area contributed by atoms with E-state index in [0.717, 1.165) is 18.1 Å². The molecule has 0 atom stereocenters. The zero-order chi connectivity index (χ0) is 15.6. The summed E-state index contributed by atoms with van der Waals surface area (Å²) in [7, 11) is 0. The molecule has 2 aromatic rings. The van der Waals surface area contributed by atoms with Crippen LogP contribution in [-0.4, -0.2) is 25.5 Å². The van der Waals surface area contributed by atoms with Gasteiger partial charge in [-0.05, 0) is 19.9 Å². The monoisotopic (exact) mass is 336 g/mol. The molecule has 0 aromatic carbocycles. The summed E-state index contributed by atoms with van der Waals surface area (Å²) < 4.78 is 39.2. The Labute approximate surface area is 128 Å². The van der Waals surface area contributed by atoms with E-state index in [1.54, 1.807) is 11.6 Å². The number of rotatable bonds is 4. The van der Waals surface area contributed by atoms with E-state index in [0.29, 0.717) is 23.1 Å². The van der Waals surface area contributed by atoms with Gasteiger partial charge in [0.15, 0.2) is 0 Å². The molecule has 0 aliphatic rings. The minimum Gasteiger partial charge on any atom is -0.249 e. The molecule has 0 aliphatic carbocycles. The molecule has 0 fully saturated rings. The number of hydrogen-bond donors (Lipinski definition) is 0. The highest BCUT2D eigenvalue weighted by atomic mass is 35.5. The molecule has 0 saturated heterocycles. The predicted octanol–water partition coefficient (Wildman–Crippen LogP) is 3.75. The molecule has 21 heavy (non-hydrogen) atoms. The highest BCUT2D eigenvalue weighted by Gasteiger charge is 2.31. The first-order valence-corrected chi connectivity index (χ1v) is 7.37. The zero-order valence-corrected chi connectivity index (χ0v) is 12.9. The minimum atomic E-state index is -4.44. The normalized spacial score (nSPS) is 11.9. The van der Waals surface area contributed by atoms with Crippen LogP contribution < -0.4 is 0 Å². The average Bonchev–Trinajstić information content (AvgIpc) is 2.68. The third-order valence-corrected chi connectivity index (χ3v) is 4.02. The van der Waals surface area contributed by atoms with E-state index in [-0.39, 0.29) is 5.02 Å². The molecule has 0 radical (unpaired) electrons. The summed E-state index contributed by atoms with van der Waals surface area (Å²) in [6, 6.07) is 0.891. The Morgan fingerprint density at radius 2 is 2.05 bits per heavy atom. The second kappa shape index (κ2) is 6.23. The van der Waals surface area contributed by atoms with Crippen molar-refractivity contribution in [3.63, 3.8) is 0 Å². The van der Waals surface area contributed by atoms with Crippen LogP contribution in [0.15, 0.2) is 17.3 Å². The molecule has 2 rings (SSSR count). The van der Waals surface area contributed by atoms with Crippen LogP contribution in [-0.2, 0) is 12.7 Å². The van der Waals surface area contributed by atoms with E-state index >= 15 is 0 Å². The lowest BCUT2D eigenvalue weighted by molar-refractivity contribution is -0.137. The van der Waals surface area contributed by atoms with Crippen molar-refractivity contribution >= 4 is 23.4 Å². The zero-order valence-electron chi connectivity index (χ0n) is 11.3. The van der Waals surface area contributed by atoms with Crippen molar-refractivity contribution in [2.75, 3.05) is 5.75 Å². The van der Waals surface area contributed by atoms with Gasteiger partial charge in [-0.1, -0.05) is 11.6 Å². The van der Waals surface area contributed by atoms with Crippen molar-refractivity contribution in [1.82, 2.24) is 19.7 Å². The smallest absolute Gasteiger partial charge is 0.249 e. The van der Waals surface area contributed by atoms with Crippen molar-refractivity contribution < 1.29 is 13.2 Å². The highest BCUT2D eigenvalue weighted by molar-refractivity contribution is 7.99. The molecule has 0 saturated carbocycles. The molecule has 0 N–H and O–H groups in total. The molecule has 9 heteroatoms. The Morgan fingerprint density at radius 3 is 2.57 bits per heavy atom. The summed E-state index contributed by atoms with van der Waals surface area (Å²) in [5.41, 5.74) is -0.848. The van der Waals surface area contributed by atoms with Gasteiger partial charge in [0, 0.05) is 11.9 Å². The molecule has 2 heterocycles. The lowest BCUT2D eigenvalue weighted by Crippen LogP contribution is -2.07. The fraction of sp³-hybridized carbons (Fsp3) is 0.417. The molecular formula is C12H12ClF3N4S. The van der Waals surface area contributed by atoms with E-state index in [4.69, 9.17) is 11.6 Å². The van der Waals surface area contributed by atoms with E-state index in [2.05, 4.69) is 15.1 Å². The first-order chi connectivity index (χ1) is 9.77. The summed E-state index contributed by atoms with van der Waals surface area (Å²) in [6.45, 7) is 4.22. The third kappa shape index (κ3) is 4.10. The van der Waals surface area contributed by atoms with Crippen LogP contribution in [0, 0.1) is 13.8 Å². The van der Waals surface area contributed by atoms with E-state index in [9.17, 15) is 13.2 Å². The number of aryl methyl sites for hydroxylation is 3. The summed E-state index contributed by atoms with van der Waals surface area (Å²) in [4.78, 5) is 7.94. The quantitative estimate of drug-likeness (QED) is 0.797. The van der Waals surface area contributed by atoms with Gasteiger partial charge >= 0.3 is 6.18 Å². The standard InChI is InChI=1S/C12H12ClF3N4S/c1-7-18-8(2)20(19-7)3-4-21-11-10(13)5-9(6-17-11)12(14,15)16/h5-6H,3-4H2,1-2H3. The van der Waals surface area contributed by atoms with Gasteiger partial charge in [-0.2, -0.15) is 18.3 Å². The fourth-order valence-corrected chi connectivity index (χ4v) is 2.80. The first-order valence-electron chi connectivity index (χ1n) is 6.01. The number of nitrogens with zero attached hydrogens (tertiary/aromatic N) is 4. The van der Waals surface area contributed by atoms with Gasteiger partial charge in [-0.15, -0.1) is 11.8 Å². The van der Waals surface area contributed by atoms with Gasteiger partial charge in [-0.25, -0.2) is 14.6 Å². The number of pyridine rings is 1. The van der Waals surface area contributed by atoms with Crippen molar-refractivity contribution in [1.29, 1.82) is 0 Å². The Kier molecular flexibility index (Phi) is 4.77. The molecule has 0 spiro atoms. The van der Waals surface area contributed by atoms with E-state index in [1.165, 1.54) is 11.8 Å². The summed E-state index contributed by atoms with van der Waals surface area (Å²) in [5, 5.41) is 4.58. The minimum absolute atomic E-state index is 0.00122. The predicted molar refractivity (Wildman–Crippen MR) is 74.5 cm³/mol. The fourth-order valence-electron chi connectivity index (χ4n) is 1.69. The van der Waals surface area contributed by atoms with Crippen molar-refractivity contribution in [2.45, 2.75) is 31.6 Å². The number of aromatic nitrogens is 4. The van der Waals surface area contributed by atoms with Crippen molar-refractivity contribution in [2.24, 2.45) is 0 Å². The molecule has 0 aliphatic heterocycles. The number of halogens is 4. The van der Waals surface area contributed by atoms with Crippen LogP contribution in [0.4, 0.5) is 13.2 Å². The number of alkyl halides is 3. The summed E-state index contributed by atoms with van der Waals surface area (Å²) >= 11 is 7.11. The Hall–Kier alpha value is -1.28. The lowest BCUT2D eigenvalue weighted by Gasteiger charge is -2.09. The Bertz CT molecular complexity index is 642. The molecule has 4 nitrogen and oxygen atoms in total. The summed E-state index contributed by atoms with van der Waals surface area (Å²) in [6.07, 6.45) is -3.64. The maximum absolute atomic E-state index is 12.5. The third-order valence-electron chi connectivity index (χ3n) is 2.64. The molecular weight excluding hydrogens is 325 g/mol. The molecule has 2 aromatic heterocycles. The second-order valence-electron chi connectivity index (χ2n) is 4.29. The van der Waals surface area contributed by atoms with Crippen LogP contribution in [0.1, 0.15) is 17.2 Å². The topological polar surface area (TPSA) is 43.6 Å². The Morgan fingerprint density at radius 1 is 1.33 bits per heavy atom. The van der Waals surface area contributed by atoms with Crippen LogP contribution in [0.5, 0.6) is 0 Å². The van der Waals surface area contributed by atoms with Gasteiger partial charge in [-0.3, -0.25) is 0 Å². The Balaban J connectivity index is 1.99. The van der Waals surface area contributed by atoms with Gasteiger partial charge in [0.05, 0.1) is 17.1 Å². The largest absolute Gasteiger partial charge is 0.417 e. The van der Waals surface area contributed by atoms with Gasteiger partial charge in [0.1, 0.15) is 16.7 Å². The molecule has 0 bridgehead atoms. The second-order valence-corrected chi connectivity index (χ2v) is 5.78. The lowest BCUT2D eigenvalue weighted by atomic mass is 10.3. The van der Waals surface area contributed by atoms with E-state index < -0.39 is 11.7 Å². The number of hydrogen-bond acceptors (Lipinski definition) is 4. The maximum Gasteiger partial charge on any atom is 0.417 e. The molecule has 0 amide bonds. The number of thioether (sulfide) groups is 1. The van der Waals surface area contributed by atoms with Crippen LogP contribution in [0.25, 0.3) is 0 Å². The van der Waals surface area contributed by atoms with Crippen LogP contribution in [0.3, 0.4) is 0 Å². The van der Waals surface area contributed by atoms with Crippen molar-refractivity contribution in [3.05, 3.63) is 34.5 Å². The maximum atomic E-state index is 12.5. The molecule has 0 unspecified atom stereocenters. The van der Waals surface area contributed by atoms with Gasteiger partial charge < -0.3 is 0 Å². The van der Waals surface area contributed by atoms with Gasteiger partial charge in [0.2, 0.25) is 0 Å². The van der Waals surface area contributed by atoms with Crippen LogP contribution in [0.2, 0.25) is 5.02 Å². The van der Waals surface area contributed by atoms with Crippen LogP contribution >= 0.6 is 23.4 Å². The molecule has 114 valence electrons. The van der Waals surface area contributed by atoms with Crippen molar-refractivity contribution in [3.8, 4) is 0 Å². The first kappa shape index (κ1) is 16.1. The van der Waals surface area contributed by atoms with E-state index in [1.807, 2.05) is 6.92 Å². The van der Waals surface area contributed by atoms with Gasteiger partial charge in [0.25, 0.3) is 0 Å². The average molecular weight is 337 g/mol. The summed E-state index contributed by atoms with van der Waals surface area (Å²) in [5.74, 6) is 2.06.